The van der Waals surface area contributed by atoms with Gasteiger partial charge >= 0.3 is 5.97 Å². The number of benzene rings is 1. The summed E-state index contributed by atoms with van der Waals surface area (Å²) >= 11 is 1.21. The van der Waals surface area contributed by atoms with Gasteiger partial charge in [0.15, 0.2) is 0 Å². The summed E-state index contributed by atoms with van der Waals surface area (Å²) in [6.45, 7) is 0.285. The number of rotatable bonds is 6. The number of carbonyl (C=O) groups excluding carboxylic acids is 2. The van der Waals surface area contributed by atoms with Crippen LogP contribution in [0.5, 0.6) is 0 Å². The second-order valence-electron chi connectivity index (χ2n) is 4.18. The molecule has 5 nitrogen and oxygen atoms in total. The highest BCUT2D eigenvalue weighted by atomic mass is 32.1. The zero-order valence-electron chi connectivity index (χ0n) is 11.5. The topological polar surface area (TPSA) is 64.6 Å². The lowest BCUT2D eigenvalue weighted by Crippen LogP contribution is -2.19. The Morgan fingerprint density at radius 1 is 1.19 bits per heavy atom. The van der Waals surface area contributed by atoms with Gasteiger partial charge in [0.2, 0.25) is 5.91 Å². The molecule has 0 radical (unpaired) electrons. The van der Waals surface area contributed by atoms with Crippen molar-refractivity contribution in [2.45, 2.75) is 6.61 Å². The first kappa shape index (κ1) is 15.2. The maximum atomic E-state index is 11.8. The van der Waals surface area contributed by atoms with Gasteiger partial charge in [0.25, 0.3) is 0 Å². The van der Waals surface area contributed by atoms with Crippen LogP contribution in [0.15, 0.2) is 41.8 Å². The summed E-state index contributed by atoms with van der Waals surface area (Å²) in [5.74, 6) is -0.778. The quantitative estimate of drug-likeness (QED) is 0.833. The predicted molar refractivity (Wildman–Crippen MR) is 80.4 cm³/mol. The number of esters is 1. The zero-order valence-corrected chi connectivity index (χ0v) is 12.3. The fourth-order valence-electron chi connectivity index (χ4n) is 1.68. The van der Waals surface area contributed by atoms with Gasteiger partial charge in [0, 0.05) is 0 Å². The summed E-state index contributed by atoms with van der Waals surface area (Å²) in [4.78, 5) is 23.6. The van der Waals surface area contributed by atoms with Crippen molar-refractivity contribution in [3.8, 4) is 0 Å². The monoisotopic (exact) mass is 305 g/mol. The summed E-state index contributed by atoms with van der Waals surface area (Å²) in [5, 5.41) is 4.35. The number of carbonyl (C=O) groups is 2. The van der Waals surface area contributed by atoms with Crippen LogP contribution in [0.3, 0.4) is 0 Å². The lowest BCUT2D eigenvalue weighted by molar-refractivity contribution is -0.121. The highest BCUT2D eigenvalue weighted by Gasteiger charge is 2.15. The van der Waals surface area contributed by atoms with E-state index < -0.39 is 5.97 Å². The molecule has 0 aliphatic carbocycles. The third-order valence-corrected chi connectivity index (χ3v) is 3.55. The average Bonchev–Trinajstić information content (AvgIpc) is 2.95. The van der Waals surface area contributed by atoms with Gasteiger partial charge < -0.3 is 14.8 Å². The van der Waals surface area contributed by atoms with E-state index in [9.17, 15) is 9.59 Å². The van der Waals surface area contributed by atoms with Crippen LogP contribution in [0.25, 0.3) is 0 Å². The Morgan fingerprint density at radius 3 is 2.67 bits per heavy atom. The number of thiophene rings is 1. The van der Waals surface area contributed by atoms with Crippen LogP contribution in [0.1, 0.15) is 15.2 Å². The normalized spacial score (nSPS) is 10.1. The molecule has 1 N–H and O–H groups in total. The first-order chi connectivity index (χ1) is 10.2. The Kier molecular flexibility index (Phi) is 5.48. The Morgan fingerprint density at radius 2 is 1.95 bits per heavy atom. The van der Waals surface area contributed by atoms with Gasteiger partial charge in [-0.05, 0) is 17.0 Å². The molecule has 0 spiro atoms. The van der Waals surface area contributed by atoms with Crippen LogP contribution in [0.4, 0.5) is 5.69 Å². The first-order valence-corrected chi connectivity index (χ1v) is 7.16. The largest absolute Gasteiger partial charge is 0.465 e. The van der Waals surface area contributed by atoms with Gasteiger partial charge in [-0.15, -0.1) is 11.3 Å². The van der Waals surface area contributed by atoms with Crippen LogP contribution >= 0.6 is 11.3 Å². The predicted octanol–water partition coefficient (Wildman–Crippen LogP) is 2.69. The Hall–Kier alpha value is -2.18. The van der Waals surface area contributed by atoms with E-state index in [1.165, 1.54) is 18.4 Å². The van der Waals surface area contributed by atoms with Gasteiger partial charge in [-0.25, -0.2) is 4.79 Å². The number of ether oxygens (including phenoxy) is 2. The molecule has 1 aromatic carbocycles. The summed E-state index contributed by atoms with van der Waals surface area (Å²) < 4.78 is 9.98. The molecule has 6 heteroatoms. The molecule has 0 saturated carbocycles. The maximum Gasteiger partial charge on any atom is 0.350 e. The molecular formula is C15H15NO4S. The lowest BCUT2D eigenvalue weighted by Gasteiger charge is -2.06. The van der Waals surface area contributed by atoms with E-state index in [4.69, 9.17) is 4.74 Å². The lowest BCUT2D eigenvalue weighted by atomic mass is 10.2. The van der Waals surface area contributed by atoms with Crippen molar-refractivity contribution in [2.24, 2.45) is 0 Å². The molecule has 0 aliphatic heterocycles. The number of nitrogens with one attached hydrogen (secondary N) is 1. The van der Waals surface area contributed by atoms with Crippen LogP contribution in [0.2, 0.25) is 0 Å². The van der Waals surface area contributed by atoms with E-state index >= 15 is 0 Å². The molecule has 110 valence electrons. The minimum absolute atomic E-state index is 0.0780. The second-order valence-corrected chi connectivity index (χ2v) is 5.10. The van der Waals surface area contributed by atoms with Gasteiger partial charge in [0.05, 0.1) is 19.4 Å². The van der Waals surface area contributed by atoms with Crippen LogP contribution < -0.4 is 5.32 Å². The minimum atomic E-state index is -0.467. The first-order valence-electron chi connectivity index (χ1n) is 6.28. The molecule has 2 rings (SSSR count). The van der Waals surface area contributed by atoms with Gasteiger partial charge in [-0.2, -0.15) is 0 Å². The van der Waals surface area contributed by atoms with E-state index in [1.807, 2.05) is 30.3 Å². The van der Waals surface area contributed by atoms with E-state index in [0.717, 1.165) is 5.56 Å². The summed E-state index contributed by atoms with van der Waals surface area (Å²) in [6.07, 6.45) is 0. The summed E-state index contributed by atoms with van der Waals surface area (Å²) in [5.41, 5.74) is 1.44. The van der Waals surface area contributed by atoms with Gasteiger partial charge in [-0.1, -0.05) is 30.3 Å². The molecule has 1 amide bonds. The number of methoxy groups -OCH3 is 1. The fourth-order valence-corrected chi connectivity index (χ4v) is 2.45. The average molecular weight is 305 g/mol. The molecule has 0 atom stereocenters. The van der Waals surface area contributed by atoms with Crippen molar-refractivity contribution in [1.82, 2.24) is 0 Å². The molecule has 2 aromatic rings. The molecule has 0 saturated heterocycles. The van der Waals surface area contributed by atoms with Crippen molar-refractivity contribution in [3.05, 3.63) is 52.2 Å². The molecular weight excluding hydrogens is 290 g/mol. The molecule has 0 unspecified atom stereocenters. The smallest absolute Gasteiger partial charge is 0.350 e. The number of anilines is 1. The minimum Gasteiger partial charge on any atom is -0.465 e. The van der Waals surface area contributed by atoms with Crippen LogP contribution in [0, 0.1) is 0 Å². The Bertz CT molecular complexity index is 609. The van der Waals surface area contributed by atoms with Crippen molar-refractivity contribution in [3.63, 3.8) is 0 Å². The Balaban J connectivity index is 1.82. The van der Waals surface area contributed by atoms with Crippen LogP contribution in [-0.4, -0.2) is 25.6 Å². The van der Waals surface area contributed by atoms with E-state index in [0.29, 0.717) is 17.2 Å². The van der Waals surface area contributed by atoms with Crippen molar-refractivity contribution in [2.75, 3.05) is 19.0 Å². The Labute approximate surface area is 126 Å². The number of hydrogen-bond donors (Lipinski definition) is 1. The molecule has 0 bridgehead atoms. The number of hydrogen-bond acceptors (Lipinski definition) is 5. The molecule has 21 heavy (non-hydrogen) atoms. The van der Waals surface area contributed by atoms with Crippen molar-refractivity contribution in [1.29, 1.82) is 0 Å². The van der Waals surface area contributed by atoms with Crippen LogP contribution in [-0.2, 0) is 20.9 Å². The summed E-state index contributed by atoms with van der Waals surface area (Å²) in [6, 6.07) is 11.2. The third kappa shape index (κ3) is 4.40. The SMILES string of the molecule is COC(=O)c1sccc1NC(=O)COCc1ccccc1. The molecule has 1 heterocycles. The standard InChI is InChI=1S/C15H15NO4S/c1-19-15(18)14-12(7-8-21-14)16-13(17)10-20-9-11-5-3-2-4-6-11/h2-8H,9-10H2,1H3,(H,16,17). The van der Waals surface area contributed by atoms with E-state index in [2.05, 4.69) is 10.1 Å². The van der Waals surface area contributed by atoms with Crippen molar-refractivity contribution < 1.29 is 19.1 Å². The van der Waals surface area contributed by atoms with E-state index in [1.54, 1.807) is 11.4 Å². The molecule has 0 fully saturated rings. The fraction of sp³-hybridized carbons (Fsp3) is 0.200. The van der Waals surface area contributed by atoms with Gasteiger partial charge in [-0.3, -0.25) is 4.79 Å². The molecule has 0 aliphatic rings. The van der Waals surface area contributed by atoms with Gasteiger partial charge in [0.1, 0.15) is 11.5 Å². The molecule has 1 aromatic heterocycles. The second kappa shape index (κ2) is 7.56. The van der Waals surface area contributed by atoms with E-state index in [-0.39, 0.29) is 12.5 Å². The maximum absolute atomic E-state index is 11.8. The summed E-state index contributed by atoms with van der Waals surface area (Å²) in [7, 11) is 1.30. The zero-order chi connectivity index (χ0) is 15.1. The van der Waals surface area contributed by atoms with Crippen molar-refractivity contribution >= 4 is 28.9 Å². The number of amides is 1. The highest BCUT2D eigenvalue weighted by molar-refractivity contribution is 7.12. The third-order valence-electron chi connectivity index (χ3n) is 2.65. The highest BCUT2D eigenvalue weighted by Crippen LogP contribution is 2.22.